The van der Waals surface area contributed by atoms with Crippen LogP contribution in [-0.4, -0.2) is 15.7 Å². The van der Waals surface area contributed by atoms with Crippen molar-refractivity contribution >= 4 is 11.6 Å². The van der Waals surface area contributed by atoms with Gasteiger partial charge in [-0.2, -0.15) is 5.10 Å². The summed E-state index contributed by atoms with van der Waals surface area (Å²) in [4.78, 5) is 12.2. The Morgan fingerprint density at radius 1 is 1.29 bits per heavy atom. The molecular formula is C17H21N3O. The van der Waals surface area contributed by atoms with E-state index in [1.807, 2.05) is 30.5 Å². The van der Waals surface area contributed by atoms with Gasteiger partial charge in [-0.15, -0.1) is 0 Å². The molecule has 110 valence electrons. The van der Waals surface area contributed by atoms with Crippen LogP contribution in [0.2, 0.25) is 0 Å². The van der Waals surface area contributed by atoms with Gasteiger partial charge in [-0.3, -0.25) is 9.48 Å². The van der Waals surface area contributed by atoms with E-state index >= 15 is 0 Å². The molecule has 1 aliphatic rings. The largest absolute Gasteiger partial charge is 0.324 e. The second-order valence-electron chi connectivity index (χ2n) is 5.56. The van der Waals surface area contributed by atoms with Gasteiger partial charge in [0, 0.05) is 11.9 Å². The summed E-state index contributed by atoms with van der Waals surface area (Å²) in [6.45, 7) is 2.37. The van der Waals surface area contributed by atoms with E-state index in [0.717, 1.165) is 30.5 Å². The summed E-state index contributed by atoms with van der Waals surface area (Å²) in [5, 5.41) is 7.52. The highest BCUT2D eigenvalue weighted by Gasteiger charge is 2.15. The van der Waals surface area contributed by atoms with Crippen LogP contribution < -0.4 is 5.32 Å². The molecule has 0 fully saturated rings. The predicted molar refractivity (Wildman–Crippen MR) is 83.3 cm³/mol. The van der Waals surface area contributed by atoms with Crippen molar-refractivity contribution in [3.05, 3.63) is 47.3 Å². The van der Waals surface area contributed by atoms with Crippen molar-refractivity contribution in [1.29, 1.82) is 0 Å². The van der Waals surface area contributed by atoms with Gasteiger partial charge in [0.1, 0.15) is 6.54 Å². The number of carbonyl (C=O) groups is 1. The van der Waals surface area contributed by atoms with E-state index in [9.17, 15) is 4.79 Å². The summed E-state index contributed by atoms with van der Waals surface area (Å²) in [7, 11) is 0. The van der Waals surface area contributed by atoms with E-state index in [4.69, 9.17) is 0 Å². The van der Waals surface area contributed by atoms with Crippen LogP contribution in [0.5, 0.6) is 0 Å². The minimum atomic E-state index is -0.0178. The highest BCUT2D eigenvalue weighted by molar-refractivity contribution is 5.91. The molecule has 4 nitrogen and oxygen atoms in total. The number of nitrogens with zero attached hydrogens (tertiary/aromatic N) is 2. The summed E-state index contributed by atoms with van der Waals surface area (Å²) in [5.41, 5.74) is 4.54. The van der Waals surface area contributed by atoms with Gasteiger partial charge in [-0.05, 0) is 49.3 Å². The van der Waals surface area contributed by atoms with E-state index in [1.54, 1.807) is 4.68 Å². The summed E-state index contributed by atoms with van der Waals surface area (Å²) in [6, 6.07) is 7.94. The average Bonchev–Trinajstić information content (AvgIpc) is 2.89. The van der Waals surface area contributed by atoms with E-state index < -0.39 is 0 Å². The Morgan fingerprint density at radius 2 is 2.10 bits per heavy atom. The number of aryl methyl sites for hydroxylation is 3. The molecule has 0 atom stereocenters. The van der Waals surface area contributed by atoms with Crippen LogP contribution >= 0.6 is 0 Å². The number of amides is 1. The molecule has 1 aliphatic carbocycles. The molecule has 1 amide bonds. The van der Waals surface area contributed by atoms with Crippen LogP contribution in [0.15, 0.2) is 30.5 Å². The van der Waals surface area contributed by atoms with Gasteiger partial charge in [-0.1, -0.05) is 25.1 Å². The molecule has 0 aliphatic heterocycles. The molecular weight excluding hydrogens is 262 g/mol. The maximum Gasteiger partial charge on any atom is 0.246 e. The van der Waals surface area contributed by atoms with Crippen molar-refractivity contribution in [1.82, 2.24) is 9.78 Å². The number of aromatic nitrogens is 2. The molecule has 21 heavy (non-hydrogen) atoms. The minimum absolute atomic E-state index is 0.0178. The third-order valence-corrected chi connectivity index (χ3v) is 4.01. The number of fused-ring (bicyclic) bond motifs is 1. The lowest BCUT2D eigenvalue weighted by Crippen LogP contribution is -2.19. The van der Waals surface area contributed by atoms with E-state index in [0.29, 0.717) is 0 Å². The Bertz CT molecular complexity index is 622. The third kappa shape index (κ3) is 3.15. The number of para-hydroxylation sites is 1. The van der Waals surface area contributed by atoms with Crippen molar-refractivity contribution in [2.45, 2.75) is 45.6 Å². The zero-order valence-corrected chi connectivity index (χ0v) is 12.4. The number of rotatable bonds is 4. The Morgan fingerprint density at radius 3 is 2.90 bits per heavy atom. The van der Waals surface area contributed by atoms with Gasteiger partial charge in [0.2, 0.25) is 5.91 Å². The molecule has 4 heteroatoms. The smallest absolute Gasteiger partial charge is 0.246 e. The van der Waals surface area contributed by atoms with Crippen LogP contribution in [0.1, 0.15) is 36.6 Å². The van der Waals surface area contributed by atoms with Crippen LogP contribution in [0.4, 0.5) is 5.69 Å². The highest BCUT2D eigenvalue weighted by atomic mass is 16.2. The molecule has 0 unspecified atom stereocenters. The van der Waals surface area contributed by atoms with Crippen molar-refractivity contribution < 1.29 is 4.79 Å². The first-order chi connectivity index (χ1) is 10.3. The summed E-state index contributed by atoms with van der Waals surface area (Å²) >= 11 is 0. The van der Waals surface area contributed by atoms with Crippen LogP contribution in [0.25, 0.3) is 0 Å². The fourth-order valence-electron chi connectivity index (χ4n) is 2.90. The Kier molecular flexibility index (Phi) is 4.04. The Hall–Kier alpha value is -2.10. The first-order valence-electron chi connectivity index (χ1n) is 7.69. The highest BCUT2D eigenvalue weighted by Crippen LogP contribution is 2.19. The van der Waals surface area contributed by atoms with Gasteiger partial charge >= 0.3 is 0 Å². The molecule has 1 aromatic heterocycles. The molecule has 0 saturated heterocycles. The summed E-state index contributed by atoms with van der Waals surface area (Å²) < 4.78 is 1.78. The van der Waals surface area contributed by atoms with Crippen LogP contribution in [-0.2, 0) is 30.6 Å². The number of hydrogen-bond acceptors (Lipinski definition) is 2. The first kappa shape index (κ1) is 13.9. The zero-order chi connectivity index (χ0) is 14.7. The maximum atomic E-state index is 12.2. The quantitative estimate of drug-likeness (QED) is 0.937. The van der Waals surface area contributed by atoms with Gasteiger partial charge in [-0.25, -0.2) is 0 Å². The molecule has 0 saturated carbocycles. The first-order valence-corrected chi connectivity index (χ1v) is 7.69. The molecule has 2 aromatic rings. The zero-order valence-electron chi connectivity index (χ0n) is 12.4. The lowest BCUT2D eigenvalue weighted by Gasteiger charge is -2.09. The number of anilines is 1. The van der Waals surface area contributed by atoms with Crippen molar-refractivity contribution in [3.63, 3.8) is 0 Å². The Labute approximate surface area is 125 Å². The molecule has 1 heterocycles. The lowest BCUT2D eigenvalue weighted by atomic mass is 9.99. The van der Waals surface area contributed by atoms with Crippen molar-refractivity contribution in [2.24, 2.45) is 0 Å². The fraction of sp³-hybridized carbons (Fsp3) is 0.412. The monoisotopic (exact) mass is 283 g/mol. The standard InChI is InChI=1S/C17H21N3O/c1-2-13-7-3-5-9-15(13)18-17(21)12-20-11-14-8-4-6-10-16(14)19-20/h3,5,7,9,11H,2,4,6,8,10,12H2,1H3,(H,18,21). The molecule has 3 rings (SSSR count). The van der Waals surface area contributed by atoms with Gasteiger partial charge < -0.3 is 5.32 Å². The van der Waals surface area contributed by atoms with Crippen molar-refractivity contribution in [3.8, 4) is 0 Å². The number of benzene rings is 1. The maximum absolute atomic E-state index is 12.2. The van der Waals surface area contributed by atoms with E-state index in [-0.39, 0.29) is 12.5 Å². The summed E-state index contributed by atoms with van der Waals surface area (Å²) in [5.74, 6) is -0.0178. The molecule has 0 radical (unpaired) electrons. The van der Waals surface area contributed by atoms with Crippen molar-refractivity contribution in [2.75, 3.05) is 5.32 Å². The Balaban J connectivity index is 1.67. The topological polar surface area (TPSA) is 46.9 Å². The van der Waals surface area contributed by atoms with E-state index in [2.05, 4.69) is 17.3 Å². The van der Waals surface area contributed by atoms with Gasteiger partial charge in [0.25, 0.3) is 0 Å². The molecule has 1 aromatic carbocycles. The number of carbonyl (C=O) groups excluding carboxylic acids is 1. The second kappa shape index (κ2) is 6.12. The number of nitrogens with one attached hydrogen (secondary N) is 1. The predicted octanol–water partition coefficient (Wildman–Crippen LogP) is 2.96. The third-order valence-electron chi connectivity index (χ3n) is 4.01. The van der Waals surface area contributed by atoms with Crippen LogP contribution in [0, 0.1) is 0 Å². The molecule has 0 bridgehead atoms. The lowest BCUT2D eigenvalue weighted by molar-refractivity contribution is -0.116. The van der Waals surface area contributed by atoms with E-state index in [1.165, 1.54) is 24.1 Å². The van der Waals surface area contributed by atoms with Crippen LogP contribution in [0.3, 0.4) is 0 Å². The average molecular weight is 283 g/mol. The molecule has 1 N–H and O–H groups in total. The fourth-order valence-corrected chi connectivity index (χ4v) is 2.90. The normalized spacial score (nSPS) is 13.8. The SMILES string of the molecule is CCc1ccccc1NC(=O)Cn1cc2c(n1)CCCC2. The minimum Gasteiger partial charge on any atom is -0.324 e. The van der Waals surface area contributed by atoms with Gasteiger partial charge in [0.15, 0.2) is 0 Å². The van der Waals surface area contributed by atoms with Gasteiger partial charge in [0.05, 0.1) is 5.69 Å². The second-order valence-corrected chi connectivity index (χ2v) is 5.56. The summed E-state index contributed by atoms with van der Waals surface area (Å²) in [6.07, 6.45) is 7.51. The number of hydrogen-bond donors (Lipinski definition) is 1. The molecule has 0 spiro atoms.